The fraction of sp³-hybridized carbons (Fsp3) is 0.476. The number of benzene rings is 1. The lowest BCUT2D eigenvalue weighted by Crippen LogP contribution is -2.49. The Morgan fingerprint density at radius 3 is 2.82 bits per heavy atom. The molecule has 2 aliphatic heterocycles. The first-order valence-electron chi connectivity index (χ1n) is 9.66. The summed E-state index contributed by atoms with van der Waals surface area (Å²) in [6, 6.07) is 6.24. The van der Waals surface area contributed by atoms with Gasteiger partial charge in [0.05, 0.1) is 13.3 Å². The molecule has 4 rings (SSSR count). The molecule has 1 amide bonds. The normalized spacial score (nSPS) is 19.4. The molecule has 0 saturated carbocycles. The Hall–Kier alpha value is -3.01. The summed E-state index contributed by atoms with van der Waals surface area (Å²) >= 11 is 0. The van der Waals surface area contributed by atoms with Gasteiger partial charge in [0.2, 0.25) is 5.91 Å². The third-order valence-electron chi connectivity index (χ3n) is 5.84. The first-order valence-corrected chi connectivity index (χ1v) is 9.66. The minimum absolute atomic E-state index is 0.210. The number of ether oxygens (including phenoxy) is 1. The zero-order valence-electron chi connectivity index (χ0n) is 16.3. The van der Waals surface area contributed by atoms with Crippen LogP contribution >= 0.6 is 0 Å². The van der Waals surface area contributed by atoms with Crippen LogP contribution in [0.1, 0.15) is 24.3 Å². The topological polar surface area (TPSA) is 74.4 Å². The Bertz CT molecular complexity index is 910. The van der Waals surface area contributed by atoms with Crippen molar-refractivity contribution in [2.45, 2.75) is 18.8 Å². The van der Waals surface area contributed by atoms with E-state index in [4.69, 9.17) is 10.00 Å². The summed E-state index contributed by atoms with van der Waals surface area (Å²) in [7, 11) is 3.57. The molecule has 28 heavy (non-hydrogen) atoms. The molecule has 0 aliphatic carbocycles. The second-order valence-electron chi connectivity index (χ2n) is 7.76. The molecule has 1 atom stereocenters. The first kappa shape index (κ1) is 18.4. The summed E-state index contributed by atoms with van der Waals surface area (Å²) in [5.41, 5.74) is 3.28. The number of rotatable bonds is 5. The van der Waals surface area contributed by atoms with Crippen LogP contribution in [0, 0.1) is 17.4 Å². The Kier molecular flexibility index (Phi) is 4.95. The molecule has 1 unspecified atom stereocenters. The van der Waals surface area contributed by atoms with Crippen LogP contribution in [0.3, 0.4) is 0 Å². The number of nitrogens with zero attached hydrogens (tertiary/aromatic N) is 5. The minimum Gasteiger partial charge on any atom is -0.496 e. The molecule has 0 N–H and O–H groups in total. The standard InChI is InChI=1S/C21H25N5O2/c1-24-11-17(9-23-24)19-8-16(3-4-20(19)28-2)18-12-26(13-18)21(27)7-15-5-6-25(10-15)14-22/h3-4,8-9,11,15,18H,5-7,10,12-13H2,1-2H3. The lowest BCUT2D eigenvalue weighted by Gasteiger charge is -2.40. The smallest absolute Gasteiger partial charge is 0.222 e. The van der Waals surface area contributed by atoms with Crippen molar-refractivity contribution in [1.29, 1.82) is 5.26 Å². The number of carbonyl (C=O) groups excluding carboxylic acids is 1. The highest BCUT2D eigenvalue weighted by molar-refractivity contribution is 5.78. The molecule has 2 aliphatic rings. The van der Waals surface area contributed by atoms with Crippen molar-refractivity contribution in [3.05, 3.63) is 36.2 Å². The van der Waals surface area contributed by atoms with Crippen LogP contribution in [0.2, 0.25) is 0 Å². The molecule has 3 heterocycles. The Morgan fingerprint density at radius 1 is 1.36 bits per heavy atom. The van der Waals surface area contributed by atoms with E-state index < -0.39 is 0 Å². The van der Waals surface area contributed by atoms with E-state index in [1.807, 2.05) is 30.4 Å². The molecule has 0 radical (unpaired) electrons. The highest BCUT2D eigenvalue weighted by Crippen LogP contribution is 2.36. The molecule has 2 fully saturated rings. The van der Waals surface area contributed by atoms with Crippen LogP contribution < -0.4 is 4.74 Å². The van der Waals surface area contributed by atoms with Crippen LogP contribution in [0.25, 0.3) is 11.1 Å². The second-order valence-corrected chi connectivity index (χ2v) is 7.76. The van der Waals surface area contributed by atoms with E-state index in [1.165, 1.54) is 5.56 Å². The molecule has 2 aromatic rings. The highest BCUT2D eigenvalue weighted by atomic mass is 16.5. The summed E-state index contributed by atoms with van der Waals surface area (Å²) in [5.74, 6) is 1.70. The Morgan fingerprint density at radius 2 is 2.18 bits per heavy atom. The van der Waals surface area contributed by atoms with Gasteiger partial charge >= 0.3 is 0 Å². The molecule has 7 nitrogen and oxygen atoms in total. The molecule has 2 saturated heterocycles. The van der Waals surface area contributed by atoms with Gasteiger partial charge < -0.3 is 14.5 Å². The van der Waals surface area contributed by atoms with E-state index in [-0.39, 0.29) is 5.91 Å². The fourth-order valence-corrected chi connectivity index (χ4v) is 4.12. The van der Waals surface area contributed by atoms with Crippen LogP contribution in [0.5, 0.6) is 5.75 Å². The van der Waals surface area contributed by atoms with Crippen LogP contribution in [0.4, 0.5) is 0 Å². The number of hydrogen-bond donors (Lipinski definition) is 0. The van der Waals surface area contributed by atoms with Crippen molar-refractivity contribution in [2.75, 3.05) is 33.3 Å². The fourth-order valence-electron chi connectivity index (χ4n) is 4.12. The van der Waals surface area contributed by atoms with Gasteiger partial charge in [-0.05, 0) is 30.0 Å². The van der Waals surface area contributed by atoms with Crippen molar-refractivity contribution in [3.63, 3.8) is 0 Å². The summed E-state index contributed by atoms with van der Waals surface area (Å²) in [5, 5.41) is 13.2. The van der Waals surface area contributed by atoms with E-state index >= 15 is 0 Å². The van der Waals surface area contributed by atoms with Gasteiger partial charge in [0, 0.05) is 62.9 Å². The van der Waals surface area contributed by atoms with Gasteiger partial charge in [0.1, 0.15) is 5.75 Å². The van der Waals surface area contributed by atoms with Crippen LogP contribution in [-0.2, 0) is 11.8 Å². The van der Waals surface area contributed by atoms with Crippen molar-refractivity contribution < 1.29 is 9.53 Å². The van der Waals surface area contributed by atoms with E-state index in [1.54, 1.807) is 16.7 Å². The highest BCUT2D eigenvalue weighted by Gasteiger charge is 2.34. The number of methoxy groups -OCH3 is 1. The van der Waals surface area contributed by atoms with Crippen LogP contribution in [-0.4, -0.2) is 58.8 Å². The predicted molar refractivity (Wildman–Crippen MR) is 104 cm³/mol. The van der Waals surface area contributed by atoms with Gasteiger partial charge in [0.15, 0.2) is 6.19 Å². The lowest BCUT2D eigenvalue weighted by molar-refractivity contribution is -0.136. The summed E-state index contributed by atoms with van der Waals surface area (Å²) in [6.07, 6.45) is 7.47. The predicted octanol–water partition coefficient (Wildman–Crippen LogP) is 2.21. The van der Waals surface area contributed by atoms with Crippen molar-refractivity contribution in [1.82, 2.24) is 19.6 Å². The van der Waals surface area contributed by atoms with E-state index in [0.717, 1.165) is 42.9 Å². The third kappa shape index (κ3) is 3.55. The van der Waals surface area contributed by atoms with Gasteiger partial charge in [-0.3, -0.25) is 9.48 Å². The maximum atomic E-state index is 12.5. The number of aromatic nitrogens is 2. The third-order valence-corrected chi connectivity index (χ3v) is 5.84. The molecule has 146 valence electrons. The molecule has 0 bridgehead atoms. The van der Waals surface area contributed by atoms with Crippen molar-refractivity contribution in [2.24, 2.45) is 13.0 Å². The van der Waals surface area contributed by atoms with Crippen LogP contribution in [0.15, 0.2) is 30.6 Å². The zero-order valence-corrected chi connectivity index (χ0v) is 16.3. The average molecular weight is 379 g/mol. The Balaban J connectivity index is 1.39. The first-order chi connectivity index (χ1) is 13.6. The molecule has 1 aromatic heterocycles. The molecular formula is C21H25N5O2. The van der Waals surface area contributed by atoms with Gasteiger partial charge in [-0.1, -0.05) is 6.07 Å². The molecule has 0 spiro atoms. The molecular weight excluding hydrogens is 354 g/mol. The van der Waals surface area contributed by atoms with Gasteiger partial charge in [0.25, 0.3) is 0 Å². The summed E-state index contributed by atoms with van der Waals surface area (Å²) in [6.45, 7) is 3.01. The number of likely N-dealkylation sites (tertiary alicyclic amines) is 2. The number of nitriles is 1. The van der Waals surface area contributed by atoms with Gasteiger partial charge in [-0.25, -0.2) is 0 Å². The average Bonchev–Trinajstić information content (AvgIpc) is 3.29. The van der Waals surface area contributed by atoms with E-state index in [0.29, 0.717) is 24.8 Å². The summed E-state index contributed by atoms with van der Waals surface area (Å²) in [4.78, 5) is 16.2. The molecule has 1 aromatic carbocycles. The number of carbonyl (C=O) groups is 1. The minimum atomic E-state index is 0.210. The monoisotopic (exact) mass is 379 g/mol. The lowest BCUT2D eigenvalue weighted by atomic mass is 9.88. The molecule has 7 heteroatoms. The zero-order chi connectivity index (χ0) is 19.7. The number of amides is 1. The Labute approximate surface area is 165 Å². The van der Waals surface area contributed by atoms with Gasteiger partial charge in [-0.15, -0.1) is 0 Å². The van der Waals surface area contributed by atoms with Crippen molar-refractivity contribution in [3.8, 4) is 23.1 Å². The van der Waals surface area contributed by atoms with Gasteiger partial charge in [-0.2, -0.15) is 10.4 Å². The maximum absolute atomic E-state index is 12.5. The largest absolute Gasteiger partial charge is 0.496 e. The van der Waals surface area contributed by atoms with E-state index in [9.17, 15) is 4.79 Å². The maximum Gasteiger partial charge on any atom is 0.222 e. The summed E-state index contributed by atoms with van der Waals surface area (Å²) < 4.78 is 7.30. The number of aryl methyl sites for hydroxylation is 1. The van der Waals surface area contributed by atoms with Crippen molar-refractivity contribution >= 4 is 5.91 Å². The second kappa shape index (κ2) is 7.55. The quantitative estimate of drug-likeness (QED) is 0.745. The SMILES string of the molecule is COc1ccc(C2CN(C(=O)CC3CCN(C#N)C3)C2)cc1-c1cnn(C)c1. The van der Waals surface area contributed by atoms with E-state index in [2.05, 4.69) is 23.4 Å². The number of hydrogen-bond acceptors (Lipinski definition) is 5.